The summed E-state index contributed by atoms with van der Waals surface area (Å²) in [6.07, 6.45) is 4.05. The summed E-state index contributed by atoms with van der Waals surface area (Å²) < 4.78 is 5.33. The molecule has 0 bridgehead atoms. The van der Waals surface area contributed by atoms with Crippen molar-refractivity contribution in [3.8, 4) is 0 Å². The highest BCUT2D eigenvalue weighted by molar-refractivity contribution is 4.57. The molecule has 2 atom stereocenters. The van der Waals surface area contributed by atoms with Gasteiger partial charge in [0.2, 0.25) is 0 Å². The Balaban J connectivity index is 3.42. The van der Waals surface area contributed by atoms with Crippen LogP contribution in [0.3, 0.4) is 0 Å². The number of hydrogen-bond acceptors (Lipinski definition) is 3. The summed E-state index contributed by atoms with van der Waals surface area (Å²) in [5.41, 5.74) is 0. The largest absolute Gasteiger partial charge is 0.394 e. The molecule has 0 aliphatic rings. The molecule has 0 aromatic heterocycles. The van der Waals surface area contributed by atoms with Crippen molar-refractivity contribution in [2.45, 2.75) is 45.6 Å². The Kier molecular flexibility index (Phi) is 9.35. The molecular formula is C11H24O3. The second-order valence-corrected chi connectivity index (χ2v) is 3.79. The van der Waals surface area contributed by atoms with E-state index in [0.29, 0.717) is 12.5 Å². The third kappa shape index (κ3) is 7.30. The summed E-state index contributed by atoms with van der Waals surface area (Å²) in [5.74, 6) is 0.598. The van der Waals surface area contributed by atoms with Crippen molar-refractivity contribution < 1.29 is 14.9 Å². The molecule has 0 aliphatic carbocycles. The molecular weight excluding hydrogens is 180 g/mol. The zero-order valence-corrected chi connectivity index (χ0v) is 9.41. The number of aliphatic hydroxyl groups excluding tert-OH is 2. The van der Waals surface area contributed by atoms with Gasteiger partial charge in [0.1, 0.15) is 6.10 Å². The molecule has 3 heteroatoms. The second-order valence-electron chi connectivity index (χ2n) is 3.79. The molecule has 0 rings (SSSR count). The Hall–Kier alpha value is -0.120. The maximum atomic E-state index is 9.04. The Bertz CT molecular complexity index is 117. The quantitative estimate of drug-likeness (QED) is 0.599. The Labute approximate surface area is 87.1 Å². The maximum Gasteiger partial charge on any atom is 0.100 e. The molecule has 0 fully saturated rings. The van der Waals surface area contributed by atoms with Crippen molar-refractivity contribution in [2.24, 2.45) is 5.92 Å². The fraction of sp³-hybridized carbons (Fsp3) is 1.00. The van der Waals surface area contributed by atoms with Crippen molar-refractivity contribution in [3.05, 3.63) is 0 Å². The number of aliphatic hydroxyl groups is 2. The molecule has 0 spiro atoms. The molecule has 0 radical (unpaired) electrons. The third-order valence-corrected chi connectivity index (χ3v) is 2.42. The molecule has 0 heterocycles. The van der Waals surface area contributed by atoms with E-state index in [9.17, 15) is 0 Å². The van der Waals surface area contributed by atoms with Gasteiger partial charge in [-0.3, -0.25) is 0 Å². The molecule has 0 aromatic carbocycles. The van der Waals surface area contributed by atoms with E-state index in [-0.39, 0.29) is 13.2 Å². The van der Waals surface area contributed by atoms with Crippen LogP contribution in [0.2, 0.25) is 0 Å². The van der Waals surface area contributed by atoms with Crippen molar-refractivity contribution in [2.75, 3.05) is 19.8 Å². The molecule has 0 aliphatic heterocycles. The van der Waals surface area contributed by atoms with Crippen molar-refractivity contribution in [1.82, 2.24) is 0 Å². The third-order valence-electron chi connectivity index (χ3n) is 2.42. The molecule has 0 saturated heterocycles. The Morgan fingerprint density at radius 1 is 1.21 bits per heavy atom. The lowest BCUT2D eigenvalue weighted by molar-refractivity contribution is -0.00599. The van der Waals surface area contributed by atoms with Crippen LogP contribution in [-0.2, 0) is 4.74 Å². The first-order chi connectivity index (χ1) is 6.74. The number of ether oxygens (including phenoxy) is 1. The number of unbranched alkanes of at least 4 members (excludes halogenated alkanes) is 1. The lowest BCUT2D eigenvalue weighted by Crippen LogP contribution is -2.21. The molecule has 14 heavy (non-hydrogen) atoms. The summed E-state index contributed by atoms with van der Waals surface area (Å²) >= 11 is 0. The smallest absolute Gasteiger partial charge is 0.100 e. The van der Waals surface area contributed by atoms with Crippen LogP contribution in [0.15, 0.2) is 0 Å². The van der Waals surface area contributed by atoms with Crippen LogP contribution in [0.1, 0.15) is 39.5 Å². The van der Waals surface area contributed by atoms with Crippen molar-refractivity contribution in [3.63, 3.8) is 0 Å². The van der Waals surface area contributed by atoms with Gasteiger partial charge in [0.15, 0.2) is 0 Å². The van der Waals surface area contributed by atoms with Crippen molar-refractivity contribution >= 4 is 0 Å². The molecule has 2 N–H and O–H groups in total. The minimum Gasteiger partial charge on any atom is -0.394 e. The molecule has 0 amide bonds. The van der Waals surface area contributed by atoms with Gasteiger partial charge in [0.05, 0.1) is 13.2 Å². The highest BCUT2D eigenvalue weighted by Crippen LogP contribution is 2.12. The lowest BCUT2D eigenvalue weighted by Gasteiger charge is -2.15. The van der Waals surface area contributed by atoms with Gasteiger partial charge in [-0.15, -0.1) is 0 Å². The van der Waals surface area contributed by atoms with Gasteiger partial charge >= 0.3 is 0 Å². The Morgan fingerprint density at radius 3 is 2.43 bits per heavy atom. The van der Waals surface area contributed by atoms with Gasteiger partial charge in [-0.05, 0) is 12.3 Å². The summed E-state index contributed by atoms with van der Waals surface area (Å²) in [4.78, 5) is 0. The fourth-order valence-corrected chi connectivity index (χ4v) is 1.32. The van der Waals surface area contributed by atoms with E-state index < -0.39 is 6.10 Å². The van der Waals surface area contributed by atoms with Crippen molar-refractivity contribution in [1.29, 1.82) is 0 Å². The highest BCUT2D eigenvalue weighted by atomic mass is 16.5. The van der Waals surface area contributed by atoms with E-state index in [0.717, 1.165) is 6.42 Å². The SMILES string of the molecule is CCCC[C@@H](CC)COC[C@@H](O)CO. The fourth-order valence-electron chi connectivity index (χ4n) is 1.32. The predicted octanol–water partition coefficient (Wildman–Crippen LogP) is 1.57. The van der Waals surface area contributed by atoms with Crippen LogP contribution < -0.4 is 0 Å². The highest BCUT2D eigenvalue weighted by Gasteiger charge is 2.07. The molecule has 0 aromatic rings. The van der Waals surface area contributed by atoms with Crippen LogP contribution in [0.4, 0.5) is 0 Å². The zero-order chi connectivity index (χ0) is 10.8. The molecule has 0 unspecified atom stereocenters. The van der Waals surface area contributed by atoms with E-state index in [1.54, 1.807) is 0 Å². The van der Waals surface area contributed by atoms with Gasteiger partial charge in [-0.25, -0.2) is 0 Å². The predicted molar refractivity (Wildman–Crippen MR) is 57.2 cm³/mol. The lowest BCUT2D eigenvalue weighted by atomic mass is 10.0. The van der Waals surface area contributed by atoms with Crippen LogP contribution in [-0.4, -0.2) is 36.1 Å². The number of rotatable bonds is 9. The van der Waals surface area contributed by atoms with Crippen LogP contribution in [0.25, 0.3) is 0 Å². The standard InChI is InChI=1S/C11H24O3/c1-3-5-6-10(4-2)8-14-9-11(13)7-12/h10-13H,3-9H2,1-2H3/t10-,11+/m1/s1. The molecule has 3 nitrogen and oxygen atoms in total. The topological polar surface area (TPSA) is 49.7 Å². The van der Waals surface area contributed by atoms with E-state index in [1.165, 1.54) is 19.3 Å². The van der Waals surface area contributed by atoms with Crippen LogP contribution in [0.5, 0.6) is 0 Å². The minimum atomic E-state index is -0.723. The van der Waals surface area contributed by atoms with E-state index >= 15 is 0 Å². The zero-order valence-electron chi connectivity index (χ0n) is 9.41. The van der Waals surface area contributed by atoms with E-state index in [1.807, 2.05) is 0 Å². The maximum absolute atomic E-state index is 9.04. The summed E-state index contributed by atoms with van der Waals surface area (Å²) in [6, 6.07) is 0. The van der Waals surface area contributed by atoms with Gasteiger partial charge in [0.25, 0.3) is 0 Å². The summed E-state index contributed by atoms with van der Waals surface area (Å²) in [7, 11) is 0. The van der Waals surface area contributed by atoms with Gasteiger partial charge < -0.3 is 14.9 Å². The summed E-state index contributed by atoms with van der Waals surface area (Å²) in [6.45, 7) is 5.08. The average molecular weight is 204 g/mol. The minimum absolute atomic E-state index is 0.217. The van der Waals surface area contributed by atoms with Gasteiger partial charge in [0, 0.05) is 6.61 Å². The van der Waals surface area contributed by atoms with Crippen LogP contribution in [0, 0.1) is 5.92 Å². The molecule has 0 saturated carbocycles. The van der Waals surface area contributed by atoms with Crippen LogP contribution >= 0.6 is 0 Å². The number of hydrogen-bond donors (Lipinski definition) is 2. The second kappa shape index (κ2) is 9.44. The average Bonchev–Trinajstić information content (AvgIpc) is 2.22. The Morgan fingerprint density at radius 2 is 1.93 bits per heavy atom. The first-order valence-electron chi connectivity index (χ1n) is 5.61. The first kappa shape index (κ1) is 13.9. The normalized spacial score (nSPS) is 15.4. The van der Waals surface area contributed by atoms with E-state index in [4.69, 9.17) is 14.9 Å². The molecule has 86 valence electrons. The summed E-state index contributed by atoms with van der Waals surface area (Å²) in [5, 5.41) is 17.6. The van der Waals surface area contributed by atoms with Gasteiger partial charge in [-0.1, -0.05) is 33.1 Å². The first-order valence-corrected chi connectivity index (χ1v) is 5.61. The van der Waals surface area contributed by atoms with Gasteiger partial charge in [-0.2, -0.15) is 0 Å². The van der Waals surface area contributed by atoms with E-state index in [2.05, 4.69) is 13.8 Å². The monoisotopic (exact) mass is 204 g/mol.